The van der Waals surface area contributed by atoms with Crippen LogP contribution in [0.5, 0.6) is 5.75 Å². The Morgan fingerprint density at radius 3 is 2.53 bits per heavy atom. The number of anilines is 1. The number of carbonyl (C=O) groups is 2. The highest BCUT2D eigenvalue weighted by atomic mass is 32.2. The smallest absolute Gasteiger partial charge is 0.283 e. The molecule has 3 rings (SSSR count). The molecule has 3 aromatic carbocycles. The number of hydrogen-bond acceptors (Lipinski definition) is 6. The molecule has 164 valence electrons. The van der Waals surface area contributed by atoms with Crippen molar-refractivity contribution >= 4 is 35.0 Å². The molecule has 0 atom stereocenters. The van der Waals surface area contributed by atoms with Crippen molar-refractivity contribution in [2.24, 2.45) is 5.73 Å². The molecular formula is C22H18FN3O5S. The van der Waals surface area contributed by atoms with Gasteiger partial charge in [0.1, 0.15) is 18.2 Å². The molecule has 32 heavy (non-hydrogen) atoms. The number of halogens is 1. The number of thioether (sulfide) groups is 1. The van der Waals surface area contributed by atoms with Crippen molar-refractivity contribution < 1.29 is 23.6 Å². The lowest BCUT2D eigenvalue weighted by atomic mass is 10.2. The Morgan fingerprint density at radius 1 is 1.09 bits per heavy atom. The molecule has 0 unspecified atom stereocenters. The number of primary amides is 1. The lowest BCUT2D eigenvalue weighted by Crippen LogP contribution is -2.14. The lowest BCUT2D eigenvalue weighted by molar-refractivity contribution is -0.387. The van der Waals surface area contributed by atoms with Gasteiger partial charge >= 0.3 is 0 Å². The lowest BCUT2D eigenvalue weighted by Gasteiger charge is -2.10. The molecule has 0 saturated heterocycles. The van der Waals surface area contributed by atoms with Crippen molar-refractivity contribution in [3.63, 3.8) is 0 Å². The third-order valence-electron chi connectivity index (χ3n) is 4.24. The largest absolute Gasteiger partial charge is 0.489 e. The molecule has 3 N–H and O–H groups in total. The van der Waals surface area contributed by atoms with Crippen LogP contribution in [0.25, 0.3) is 0 Å². The quantitative estimate of drug-likeness (QED) is 0.284. The summed E-state index contributed by atoms with van der Waals surface area (Å²) >= 11 is 0.968. The zero-order chi connectivity index (χ0) is 23.1. The van der Waals surface area contributed by atoms with Gasteiger partial charge in [0.15, 0.2) is 0 Å². The standard InChI is InChI=1S/C22H18FN3O5S/c23-16-7-4-14(5-8-16)12-31-18-3-1-2-17(11-18)25-21(27)13-32-20-9-6-15(22(24)28)10-19(20)26(29)30/h1-11H,12-13H2,(H2,24,28)(H,25,27). The highest BCUT2D eigenvalue weighted by molar-refractivity contribution is 8.00. The second-order valence-corrected chi connectivity index (χ2v) is 7.60. The van der Waals surface area contributed by atoms with Gasteiger partial charge in [-0.15, -0.1) is 11.8 Å². The Labute approximate surface area is 186 Å². The second-order valence-electron chi connectivity index (χ2n) is 6.58. The summed E-state index contributed by atoms with van der Waals surface area (Å²) in [6.07, 6.45) is 0. The van der Waals surface area contributed by atoms with Gasteiger partial charge in [-0.3, -0.25) is 19.7 Å². The normalized spacial score (nSPS) is 10.4. The summed E-state index contributed by atoms with van der Waals surface area (Å²) in [7, 11) is 0. The Kier molecular flexibility index (Phi) is 7.40. The van der Waals surface area contributed by atoms with Crippen LogP contribution in [-0.2, 0) is 11.4 Å². The average molecular weight is 455 g/mol. The van der Waals surface area contributed by atoms with Crippen LogP contribution in [0.1, 0.15) is 15.9 Å². The zero-order valence-corrected chi connectivity index (χ0v) is 17.4. The van der Waals surface area contributed by atoms with E-state index in [-0.39, 0.29) is 40.2 Å². The topological polar surface area (TPSA) is 125 Å². The summed E-state index contributed by atoms with van der Waals surface area (Å²) in [6, 6.07) is 16.5. The first-order valence-electron chi connectivity index (χ1n) is 9.30. The Morgan fingerprint density at radius 2 is 1.84 bits per heavy atom. The molecule has 0 heterocycles. The molecule has 0 bridgehead atoms. The van der Waals surface area contributed by atoms with E-state index in [1.165, 1.54) is 24.3 Å². The molecular weight excluding hydrogens is 437 g/mol. The Balaban J connectivity index is 1.58. The fraction of sp³-hybridized carbons (Fsp3) is 0.0909. The van der Waals surface area contributed by atoms with Gasteiger partial charge in [-0.25, -0.2) is 4.39 Å². The number of nitro groups is 1. The molecule has 0 aliphatic rings. The van der Waals surface area contributed by atoms with E-state index in [2.05, 4.69) is 5.32 Å². The molecule has 0 fully saturated rings. The van der Waals surface area contributed by atoms with Gasteiger partial charge in [-0.05, 0) is 42.0 Å². The fourth-order valence-electron chi connectivity index (χ4n) is 2.69. The molecule has 3 aromatic rings. The second kappa shape index (κ2) is 10.4. The number of ether oxygens (including phenoxy) is 1. The van der Waals surface area contributed by atoms with E-state index in [0.717, 1.165) is 23.4 Å². The van der Waals surface area contributed by atoms with E-state index < -0.39 is 10.8 Å². The molecule has 0 aromatic heterocycles. The van der Waals surface area contributed by atoms with Gasteiger partial charge < -0.3 is 15.8 Å². The SMILES string of the molecule is NC(=O)c1ccc(SCC(=O)Nc2cccc(OCc3ccc(F)cc3)c2)c([N+](=O)[O-])c1. The van der Waals surface area contributed by atoms with Crippen molar-refractivity contribution in [3.8, 4) is 5.75 Å². The van der Waals surface area contributed by atoms with E-state index in [4.69, 9.17) is 10.5 Å². The minimum atomic E-state index is -0.774. The van der Waals surface area contributed by atoms with E-state index >= 15 is 0 Å². The molecule has 2 amide bonds. The molecule has 0 aliphatic carbocycles. The minimum Gasteiger partial charge on any atom is -0.489 e. The number of hydrogen-bond donors (Lipinski definition) is 2. The van der Waals surface area contributed by atoms with Gasteiger partial charge in [-0.1, -0.05) is 18.2 Å². The maximum Gasteiger partial charge on any atom is 0.283 e. The van der Waals surface area contributed by atoms with Crippen LogP contribution in [0.4, 0.5) is 15.8 Å². The first-order chi connectivity index (χ1) is 15.3. The van der Waals surface area contributed by atoms with Crippen molar-refractivity contribution in [1.29, 1.82) is 0 Å². The van der Waals surface area contributed by atoms with E-state index in [1.54, 1.807) is 36.4 Å². The number of carbonyl (C=O) groups excluding carboxylic acids is 2. The monoisotopic (exact) mass is 455 g/mol. The number of nitrogens with one attached hydrogen (secondary N) is 1. The van der Waals surface area contributed by atoms with E-state index in [1.807, 2.05) is 0 Å². The van der Waals surface area contributed by atoms with Gasteiger partial charge in [0.25, 0.3) is 5.69 Å². The van der Waals surface area contributed by atoms with E-state index in [0.29, 0.717) is 11.4 Å². The van der Waals surface area contributed by atoms with Gasteiger partial charge in [0, 0.05) is 23.4 Å². The highest BCUT2D eigenvalue weighted by Gasteiger charge is 2.18. The predicted molar refractivity (Wildman–Crippen MR) is 118 cm³/mol. The van der Waals surface area contributed by atoms with Gasteiger partial charge in [0.05, 0.1) is 15.6 Å². The fourth-order valence-corrected chi connectivity index (χ4v) is 3.49. The van der Waals surface area contributed by atoms with Crippen LogP contribution < -0.4 is 15.8 Å². The van der Waals surface area contributed by atoms with Crippen LogP contribution in [0.15, 0.2) is 71.6 Å². The Hall–Kier alpha value is -3.92. The number of nitrogens with zero attached hydrogens (tertiary/aromatic N) is 1. The maximum absolute atomic E-state index is 13.0. The molecule has 8 nitrogen and oxygen atoms in total. The molecule has 0 aliphatic heterocycles. The van der Waals surface area contributed by atoms with Crippen LogP contribution in [0.2, 0.25) is 0 Å². The summed E-state index contributed by atoms with van der Waals surface area (Å²) in [4.78, 5) is 34.4. The first kappa shape index (κ1) is 22.8. The van der Waals surface area contributed by atoms with Crippen molar-refractivity contribution in [3.05, 3.63) is 93.8 Å². The maximum atomic E-state index is 13.0. The van der Waals surface area contributed by atoms with Crippen LogP contribution in [-0.4, -0.2) is 22.5 Å². The van der Waals surface area contributed by atoms with Crippen LogP contribution in [0, 0.1) is 15.9 Å². The summed E-state index contributed by atoms with van der Waals surface area (Å²) in [5, 5.41) is 14.0. The minimum absolute atomic E-state index is 0.0166. The third kappa shape index (κ3) is 6.29. The molecule has 0 saturated carbocycles. The highest BCUT2D eigenvalue weighted by Crippen LogP contribution is 2.30. The first-order valence-corrected chi connectivity index (χ1v) is 10.3. The van der Waals surface area contributed by atoms with E-state index in [9.17, 15) is 24.1 Å². The third-order valence-corrected chi connectivity index (χ3v) is 5.30. The van der Waals surface area contributed by atoms with Crippen LogP contribution in [0.3, 0.4) is 0 Å². The number of rotatable bonds is 9. The zero-order valence-electron chi connectivity index (χ0n) is 16.6. The molecule has 10 heteroatoms. The number of amides is 2. The molecule has 0 radical (unpaired) electrons. The van der Waals surface area contributed by atoms with Crippen molar-refractivity contribution in [2.75, 3.05) is 11.1 Å². The average Bonchev–Trinajstić information content (AvgIpc) is 2.77. The van der Waals surface area contributed by atoms with Crippen molar-refractivity contribution in [1.82, 2.24) is 0 Å². The Bertz CT molecular complexity index is 1150. The summed E-state index contributed by atoms with van der Waals surface area (Å²) in [5.41, 5.74) is 6.16. The molecule has 0 spiro atoms. The summed E-state index contributed by atoms with van der Waals surface area (Å²) in [5.74, 6) is -1.05. The number of nitrogens with two attached hydrogens (primary N) is 1. The number of benzene rings is 3. The van der Waals surface area contributed by atoms with Crippen molar-refractivity contribution in [2.45, 2.75) is 11.5 Å². The van der Waals surface area contributed by atoms with Crippen LogP contribution >= 0.6 is 11.8 Å². The number of nitro benzene ring substituents is 1. The van der Waals surface area contributed by atoms with Gasteiger partial charge in [-0.2, -0.15) is 0 Å². The predicted octanol–water partition coefficient (Wildman–Crippen LogP) is 4.14. The van der Waals surface area contributed by atoms with Gasteiger partial charge in [0.2, 0.25) is 11.8 Å². The summed E-state index contributed by atoms with van der Waals surface area (Å²) < 4.78 is 18.6. The summed E-state index contributed by atoms with van der Waals surface area (Å²) in [6.45, 7) is 0.235.